The zero-order valence-corrected chi connectivity index (χ0v) is 15.1. The SMILES string of the molecule is C=C(C)C(=O)O[Si](C(C)CC)(C1CCCC1)C1CCCC1. The quantitative estimate of drug-likeness (QED) is 0.462. The van der Waals surface area contributed by atoms with Crippen LogP contribution in [0.15, 0.2) is 12.2 Å². The van der Waals surface area contributed by atoms with E-state index in [-0.39, 0.29) is 5.97 Å². The summed E-state index contributed by atoms with van der Waals surface area (Å²) in [4.78, 5) is 12.4. The van der Waals surface area contributed by atoms with Crippen LogP contribution in [0.2, 0.25) is 16.6 Å². The average molecular weight is 309 g/mol. The van der Waals surface area contributed by atoms with Gasteiger partial charge in [-0.15, -0.1) is 0 Å². The second-order valence-electron chi connectivity index (χ2n) is 7.30. The molecule has 0 saturated heterocycles. The van der Waals surface area contributed by atoms with E-state index < -0.39 is 8.32 Å². The molecule has 21 heavy (non-hydrogen) atoms. The van der Waals surface area contributed by atoms with Crippen molar-refractivity contribution >= 4 is 14.3 Å². The third-order valence-electron chi connectivity index (χ3n) is 5.99. The predicted octanol–water partition coefficient (Wildman–Crippen LogP) is 5.74. The summed E-state index contributed by atoms with van der Waals surface area (Å²) in [6.07, 6.45) is 11.6. The number of hydrogen-bond donors (Lipinski definition) is 0. The maximum absolute atomic E-state index is 12.4. The molecule has 120 valence electrons. The lowest BCUT2D eigenvalue weighted by Crippen LogP contribution is -2.51. The molecule has 0 amide bonds. The summed E-state index contributed by atoms with van der Waals surface area (Å²) in [6.45, 7) is 10.2. The van der Waals surface area contributed by atoms with E-state index in [0.29, 0.717) is 22.2 Å². The average Bonchev–Trinajstić information content (AvgIpc) is 3.16. The van der Waals surface area contributed by atoms with Gasteiger partial charge in [0.1, 0.15) is 0 Å². The van der Waals surface area contributed by atoms with E-state index in [1.54, 1.807) is 6.92 Å². The summed E-state index contributed by atoms with van der Waals surface area (Å²) in [7, 11) is -2.07. The largest absolute Gasteiger partial charge is 0.515 e. The molecule has 0 bridgehead atoms. The van der Waals surface area contributed by atoms with E-state index in [0.717, 1.165) is 6.42 Å². The minimum absolute atomic E-state index is 0.110. The van der Waals surface area contributed by atoms with Gasteiger partial charge in [0.15, 0.2) is 0 Å². The molecule has 0 aromatic carbocycles. The Balaban J connectivity index is 2.35. The van der Waals surface area contributed by atoms with Crippen molar-refractivity contribution in [3.63, 3.8) is 0 Å². The van der Waals surface area contributed by atoms with Crippen LogP contribution < -0.4 is 0 Å². The first kappa shape index (κ1) is 16.8. The van der Waals surface area contributed by atoms with Crippen LogP contribution in [0.25, 0.3) is 0 Å². The highest BCUT2D eigenvalue weighted by Crippen LogP contribution is 2.56. The fourth-order valence-corrected chi connectivity index (χ4v) is 11.3. The molecule has 0 aromatic heterocycles. The van der Waals surface area contributed by atoms with Crippen LogP contribution in [0.1, 0.15) is 78.6 Å². The number of rotatable bonds is 6. The monoisotopic (exact) mass is 308 g/mol. The maximum Gasteiger partial charge on any atom is 0.319 e. The van der Waals surface area contributed by atoms with E-state index in [2.05, 4.69) is 20.4 Å². The Hall–Kier alpha value is -0.573. The second-order valence-corrected chi connectivity index (χ2v) is 11.8. The fourth-order valence-electron chi connectivity index (χ4n) is 4.73. The van der Waals surface area contributed by atoms with Gasteiger partial charge in [0.25, 0.3) is 8.32 Å². The lowest BCUT2D eigenvalue weighted by atomic mass is 10.3. The zero-order chi connectivity index (χ0) is 15.5. The first-order valence-corrected chi connectivity index (χ1v) is 11.0. The Bertz CT molecular complexity index is 363. The van der Waals surface area contributed by atoms with Crippen LogP contribution in [-0.4, -0.2) is 14.3 Å². The number of hydrogen-bond acceptors (Lipinski definition) is 2. The van der Waals surface area contributed by atoms with Gasteiger partial charge < -0.3 is 4.43 Å². The van der Waals surface area contributed by atoms with Gasteiger partial charge in [0, 0.05) is 5.57 Å². The molecule has 0 aromatic rings. The third-order valence-corrected chi connectivity index (χ3v) is 12.2. The van der Waals surface area contributed by atoms with Crippen molar-refractivity contribution in [3.05, 3.63) is 12.2 Å². The molecule has 0 aliphatic heterocycles. The molecule has 2 aliphatic rings. The Morgan fingerprint density at radius 2 is 1.57 bits per heavy atom. The molecule has 2 nitrogen and oxygen atoms in total. The minimum atomic E-state index is -2.07. The van der Waals surface area contributed by atoms with Crippen molar-refractivity contribution < 1.29 is 9.22 Å². The van der Waals surface area contributed by atoms with Crippen LogP contribution in [0, 0.1) is 0 Å². The molecule has 0 heterocycles. The van der Waals surface area contributed by atoms with E-state index in [1.165, 1.54) is 51.4 Å². The zero-order valence-electron chi connectivity index (χ0n) is 14.1. The standard InChI is InChI=1S/C18H32O2Si/c1-5-15(4)21(16-10-6-7-11-16,17-12-8-9-13-17)20-18(19)14(2)3/h15-17H,2,5-13H2,1,3-4H3. The predicted molar refractivity (Wildman–Crippen MR) is 90.8 cm³/mol. The molecule has 2 aliphatic carbocycles. The van der Waals surface area contributed by atoms with Crippen molar-refractivity contribution in [3.8, 4) is 0 Å². The summed E-state index contributed by atoms with van der Waals surface area (Å²) in [5.41, 5.74) is 2.54. The molecule has 1 atom stereocenters. The number of carbonyl (C=O) groups is 1. The third kappa shape index (κ3) is 3.28. The summed E-state index contributed by atoms with van der Waals surface area (Å²) < 4.78 is 6.42. The highest BCUT2D eigenvalue weighted by molar-refractivity contribution is 6.79. The Morgan fingerprint density at radius 1 is 1.14 bits per heavy atom. The molecule has 2 saturated carbocycles. The van der Waals surface area contributed by atoms with Crippen LogP contribution in [0.3, 0.4) is 0 Å². The minimum Gasteiger partial charge on any atom is -0.515 e. The van der Waals surface area contributed by atoms with Gasteiger partial charge in [-0.25, -0.2) is 4.79 Å². The van der Waals surface area contributed by atoms with Crippen LogP contribution in [0.5, 0.6) is 0 Å². The van der Waals surface area contributed by atoms with Crippen molar-refractivity contribution in [2.24, 2.45) is 0 Å². The van der Waals surface area contributed by atoms with Crippen molar-refractivity contribution in [2.75, 3.05) is 0 Å². The van der Waals surface area contributed by atoms with E-state index >= 15 is 0 Å². The smallest absolute Gasteiger partial charge is 0.319 e. The topological polar surface area (TPSA) is 26.3 Å². The van der Waals surface area contributed by atoms with E-state index in [4.69, 9.17) is 4.43 Å². The summed E-state index contributed by atoms with van der Waals surface area (Å²) in [5, 5.41) is 0. The van der Waals surface area contributed by atoms with Crippen molar-refractivity contribution in [1.82, 2.24) is 0 Å². The molecule has 2 rings (SSSR count). The highest BCUT2D eigenvalue weighted by Gasteiger charge is 2.56. The van der Waals surface area contributed by atoms with Gasteiger partial charge >= 0.3 is 5.97 Å². The Kier molecular flexibility index (Phi) is 5.70. The van der Waals surface area contributed by atoms with Crippen molar-refractivity contribution in [2.45, 2.75) is 95.2 Å². The summed E-state index contributed by atoms with van der Waals surface area (Å²) in [6, 6.07) is 0. The van der Waals surface area contributed by atoms with Gasteiger partial charge in [-0.3, -0.25) is 0 Å². The fraction of sp³-hybridized carbons (Fsp3) is 0.833. The molecule has 0 radical (unpaired) electrons. The first-order valence-electron chi connectivity index (χ1n) is 8.91. The van der Waals surface area contributed by atoms with E-state index in [9.17, 15) is 4.79 Å². The van der Waals surface area contributed by atoms with Gasteiger partial charge in [-0.2, -0.15) is 0 Å². The molecular formula is C18H32O2Si. The molecule has 1 unspecified atom stereocenters. The van der Waals surface area contributed by atoms with Gasteiger partial charge in [0.2, 0.25) is 0 Å². The first-order chi connectivity index (χ1) is 10.0. The molecule has 3 heteroatoms. The molecule has 2 fully saturated rings. The van der Waals surface area contributed by atoms with Crippen LogP contribution in [0.4, 0.5) is 0 Å². The molecule has 0 spiro atoms. The maximum atomic E-state index is 12.4. The summed E-state index contributed by atoms with van der Waals surface area (Å²) >= 11 is 0. The number of carbonyl (C=O) groups excluding carboxylic acids is 1. The normalized spacial score (nSPS) is 22.4. The molecular weight excluding hydrogens is 276 g/mol. The molecule has 0 N–H and O–H groups in total. The Morgan fingerprint density at radius 3 is 1.90 bits per heavy atom. The lowest BCUT2D eigenvalue weighted by Gasteiger charge is -2.44. The van der Waals surface area contributed by atoms with Gasteiger partial charge in [-0.05, 0) is 49.2 Å². The second kappa shape index (κ2) is 7.13. The highest BCUT2D eigenvalue weighted by atomic mass is 28.4. The lowest BCUT2D eigenvalue weighted by molar-refractivity contribution is -0.131. The van der Waals surface area contributed by atoms with Crippen LogP contribution >= 0.6 is 0 Å². The van der Waals surface area contributed by atoms with Gasteiger partial charge in [-0.1, -0.05) is 52.5 Å². The van der Waals surface area contributed by atoms with Gasteiger partial charge in [0.05, 0.1) is 0 Å². The van der Waals surface area contributed by atoms with Crippen molar-refractivity contribution in [1.29, 1.82) is 0 Å². The Labute approximate surface area is 131 Å². The van der Waals surface area contributed by atoms with Crippen LogP contribution in [-0.2, 0) is 9.22 Å². The summed E-state index contributed by atoms with van der Waals surface area (Å²) in [5.74, 6) is -0.110. The van der Waals surface area contributed by atoms with E-state index in [1.807, 2.05) is 0 Å².